The quantitative estimate of drug-likeness (QED) is 0.880. The number of rotatable bonds is 1. The lowest BCUT2D eigenvalue weighted by molar-refractivity contribution is -0.328. The van der Waals surface area contributed by atoms with E-state index < -0.39 is 0 Å². The van der Waals surface area contributed by atoms with Gasteiger partial charge in [-0.05, 0) is 50.5 Å². The summed E-state index contributed by atoms with van der Waals surface area (Å²) in [6.45, 7) is 2.28. The van der Waals surface area contributed by atoms with E-state index >= 15 is 0 Å². The molecule has 0 amide bonds. The van der Waals surface area contributed by atoms with E-state index in [4.69, 9.17) is 5.73 Å². The lowest BCUT2D eigenvalue weighted by Gasteiger charge is -2.26. The second-order valence-corrected chi connectivity index (χ2v) is 7.37. The molecule has 114 valence electrons. The van der Waals surface area contributed by atoms with Gasteiger partial charge in [-0.1, -0.05) is 11.3 Å². The summed E-state index contributed by atoms with van der Waals surface area (Å²) in [5.74, 6) is 1.30. The van der Waals surface area contributed by atoms with Crippen LogP contribution in [0.3, 0.4) is 0 Å². The summed E-state index contributed by atoms with van der Waals surface area (Å²) in [5.41, 5.74) is 9.79. The molecule has 3 heterocycles. The van der Waals surface area contributed by atoms with Crippen molar-refractivity contribution < 1.29 is 4.98 Å². The first kappa shape index (κ1) is 13.8. The van der Waals surface area contributed by atoms with Crippen molar-refractivity contribution in [2.24, 2.45) is 0 Å². The number of nitrogens with zero attached hydrogens (tertiary/aromatic N) is 2. The third-order valence-corrected chi connectivity index (χ3v) is 6.03. The summed E-state index contributed by atoms with van der Waals surface area (Å²) in [6, 6.07) is 2.25. The van der Waals surface area contributed by atoms with Crippen LogP contribution in [-0.4, -0.2) is 13.1 Å². The molecule has 0 radical (unpaired) electrons. The molecule has 0 unspecified atom stereocenters. The minimum Gasteiger partial charge on any atom is -0.396 e. The van der Waals surface area contributed by atoms with Gasteiger partial charge in [0.1, 0.15) is 10.9 Å². The highest BCUT2D eigenvalue weighted by atomic mass is 32.1. The highest BCUT2D eigenvalue weighted by molar-refractivity contribution is 7.19. The normalized spacial score (nSPS) is 18.2. The Morgan fingerprint density at radius 1 is 1.05 bits per heavy atom. The van der Waals surface area contributed by atoms with Gasteiger partial charge >= 0.3 is 0 Å². The Morgan fingerprint density at radius 3 is 2.50 bits per heavy atom. The molecule has 1 saturated heterocycles. The number of anilines is 2. The molecule has 4 rings (SSSR count). The first-order valence-electron chi connectivity index (χ1n) is 8.23. The van der Waals surface area contributed by atoms with Gasteiger partial charge < -0.3 is 5.73 Å². The maximum Gasteiger partial charge on any atom is 0.278 e. The number of aromatic amines is 1. The van der Waals surface area contributed by atoms with Crippen LogP contribution in [0.25, 0.3) is 10.2 Å². The van der Waals surface area contributed by atoms with E-state index in [0.29, 0.717) is 10.6 Å². The molecule has 2 aromatic rings. The number of nitrogen functional groups attached to an aromatic ring is 1. The van der Waals surface area contributed by atoms with E-state index in [9.17, 15) is 5.26 Å². The van der Waals surface area contributed by atoms with Crippen LogP contribution in [0, 0.1) is 11.3 Å². The van der Waals surface area contributed by atoms with Gasteiger partial charge in [-0.3, -0.25) is 4.90 Å². The number of aromatic nitrogens is 1. The molecular formula is C17H21N4S+. The average molecular weight is 313 g/mol. The van der Waals surface area contributed by atoms with Crippen LogP contribution in [0.2, 0.25) is 0 Å². The number of piperidine rings is 1. The summed E-state index contributed by atoms with van der Waals surface area (Å²) < 4.78 is 0. The Bertz CT molecular complexity index is 765. The van der Waals surface area contributed by atoms with E-state index in [2.05, 4.69) is 16.0 Å². The van der Waals surface area contributed by atoms with Crippen molar-refractivity contribution >= 4 is 33.1 Å². The molecular weight excluding hydrogens is 292 g/mol. The molecule has 0 bridgehead atoms. The predicted octanol–water partition coefficient (Wildman–Crippen LogP) is 3.04. The second kappa shape index (κ2) is 5.44. The van der Waals surface area contributed by atoms with Gasteiger partial charge in [-0.2, -0.15) is 5.26 Å². The third-order valence-electron chi connectivity index (χ3n) is 5.01. The van der Waals surface area contributed by atoms with Crippen molar-refractivity contribution in [1.29, 1.82) is 5.26 Å². The maximum atomic E-state index is 9.30. The number of nitrogens with two attached hydrogens (primary N) is 1. The van der Waals surface area contributed by atoms with Gasteiger partial charge in [0.05, 0.1) is 24.2 Å². The van der Waals surface area contributed by atoms with Gasteiger partial charge in [0, 0.05) is 5.56 Å². The van der Waals surface area contributed by atoms with Crippen LogP contribution < -0.4 is 15.6 Å². The molecule has 0 spiro atoms. The van der Waals surface area contributed by atoms with E-state index in [-0.39, 0.29) is 0 Å². The van der Waals surface area contributed by atoms with Crippen LogP contribution >= 0.6 is 11.3 Å². The number of hydrogen-bond donors (Lipinski definition) is 1. The van der Waals surface area contributed by atoms with E-state index in [1.807, 2.05) is 0 Å². The minimum atomic E-state index is 0.648. The standard InChI is InChI=1S/C17H20N4S/c18-10-13-15(19)14-11-6-2-3-7-12(11)16(20-17(14)22-13)21-8-4-1-5-9-21/h1-9,19H2/p+1. The molecule has 2 aliphatic rings. The largest absolute Gasteiger partial charge is 0.396 e. The summed E-state index contributed by atoms with van der Waals surface area (Å²) in [7, 11) is 0. The van der Waals surface area contributed by atoms with Crippen molar-refractivity contribution in [2.75, 3.05) is 23.7 Å². The first-order valence-corrected chi connectivity index (χ1v) is 9.05. The van der Waals surface area contributed by atoms with Crippen molar-refractivity contribution in [2.45, 2.75) is 44.9 Å². The molecule has 1 aliphatic heterocycles. The minimum absolute atomic E-state index is 0.648. The third kappa shape index (κ3) is 2.05. The molecule has 0 atom stereocenters. The van der Waals surface area contributed by atoms with Gasteiger partial charge in [0.2, 0.25) is 0 Å². The van der Waals surface area contributed by atoms with Gasteiger partial charge in [-0.15, -0.1) is 0 Å². The van der Waals surface area contributed by atoms with Gasteiger partial charge in [-0.25, -0.2) is 4.98 Å². The summed E-state index contributed by atoms with van der Waals surface area (Å²) >= 11 is 1.51. The Balaban J connectivity index is 1.95. The zero-order valence-corrected chi connectivity index (χ0v) is 13.6. The van der Waals surface area contributed by atoms with Crippen LogP contribution in [0.5, 0.6) is 0 Å². The lowest BCUT2D eigenvalue weighted by Crippen LogP contribution is -2.36. The smallest absolute Gasteiger partial charge is 0.278 e. The van der Waals surface area contributed by atoms with Crippen molar-refractivity contribution in [1.82, 2.24) is 0 Å². The van der Waals surface area contributed by atoms with Crippen LogP contribution in [0.15, 0.2) is 0 Å². The van der Waals surface area contributed by atoms with Crippen LogP contribution in [0.1, 0.15) is 48.1 Å². The molecule has 22 heavy (non-hydrogen) atoms. The zero-order valence-electron chi connectivity index (χ0n) is 12.7. The SMILES string of the molecule is N#Cc1sc2[nH+]c(N3CCCCC3)c3c(c2c1N)CCCC3. The summed E-state index contributed by atoms with van der Waals surface area (Å²) in [6.07, 6.45) is 8.59. The average Bonchev–Trinajstić information content (AvgIpc) is 2.91. The Morgan fingerprint density at radius 2 is 1.77 bits per heavy atom. The number of hydrogen-bond acceptors (Lipinski definition) is 4. The number of thiophene rings is 1. The van der Waals surface area contributed by atoms with Crippen LogP contribution in [-0.2, 0) is 12.8 Å². The van der Waals surface area contributed by atoms with Crippen molar-refractivity contribution in [3.8, 4) is 6.07 Å². The summed E-state index contributed by atoms with van der Waals surface area (Å²) in [5, 5.41) is 10.4. The van der Waals surface area contributed by atoms with E-state index in [0.717, 1.165) is 36.1 Å². The fourth-order valence-electron chi connectivity index (χ4n) is 3.93. The number of pyridine rings is 1. The number of fused-ring (bicyclic) bond motifs is 3. The van der Waals surface area contributed by atoms with Gasteiger partial charge in [0.25, 0.3) is 5.82 Å². The highest BCUT2D eigenvalue weighted by Crippen LogP contribution is 2.40. The highest BCUT2D eigenvalue weighted by Gasteiger charge is 2.30. The van der Waals surface area contributed by atoms with E-state index in [1.165, 1.54) is 60.4 Å². The number of nitrogens with one attached hydrogen (secondary N) is 1. The zero-order chi connectivity index (χ0) is 15.1. The molecule has 1 aliphatic carbocycles. The predicted molar refractivity (Wildman–Crippen MR) is 90.2 cm³/mol. The molecule has 4 nitrogen and oxygen atoms in total. The topological polar surface area (TPSA) is 67.2 Å². The second-order valence-electron chi connectivity index (χ2n) is 6.35. The fraction of sp³-hybridized carbons (Fsp3) is 0.529. The Hall–Kier alpha value is -1.80. The Kier molecular flexibility index (Phi) is 3.42. The number of aryl methyl sites for hydroxylation is 1. The molecule has 3 N–H and O–H groups in total. The monoisotopic (exact) mass is 313 g/mol. The molecule has 5 heteroatoms. The van der Waals surface area contributed by atoms with E-state index in [1.54, 1.807) is 0 Å². The lowest BCUT2D eigenvalue weighted by atomic mass is 9.89. The molecule has 0 aromatic carbocycles. The van der Waals surface area contributed by atoms with Gasteiger partial charge in [0.15, 0.2) is 4.83 Å². The number of H-pyrrole nitrogens is 1. The van der Waals surface area contributed by atoms with Crippen molar-refractivity contribution in [3.63, 3.8) is 0 Å². The maximum absolute atomic E-state index is 9.30. The molecule has 0 saturated carbocycles. The van der Waals surface area contributed by atoms with Crippen molar-refractivity contribution in [3.05, 3.63) is 16.0 Å². The van der Waals surface area contributed by atoms with Crippen LogP contribution in [0.4, 0.5) is 11.5 Å². The fourth-order valence-corrected chi connectivity index (χ4v) is 4.87. The Labute approximate surface area is 134 Å². The first-order chi connectivity index (χ1) is 10.8. The molecule has 1 fully saturated rings. The summed E-state index contributed by atoms with van der Waals surface area (Å²) in [4.78, 5) is 7.87. The number of nitriles is 1. The molecule has 2 aromatic heterocycles.